The number of nitrogens with zero attached hydrogens (tertiary/aromatic N) is 2. The van der Waals surface area contributed by atoms with E-state index in [9.17, 15) is 13.7 Å². The minimum absolute atomic E-state index is 0.0235. The van der Waals surface area contributed by atoms with E-state index in [4.69, 9.17) is 36.5 Å². The predicted octanol–water partition coefficient (Wildman–Crippen LogP) is 6.37. The number of fused-ring (bicyclic) bond motifs is 1. The monoisotopic (exact) mass is 514 g/mol. The van der Waals surface area contributed by atoms with Crippen molar-refractivity contribution in [3.63, 3.8) is 0 Å². The van der Waals surface area contributed by atoms with Gasteiger partial charge < -0.3 is 13.3 Å². The first-order valence-corrected chi connectivity index (χ1v) is 12.1. The summed E-state index contributed by atoms with van der Waals surface area (Å²) in [5.41, 5.74) is 1.77. The van der Waals surface area contributed by atoms with Crippen LogP contribution in [-0.2, 0) is 10.1 Å². The summed E-state index contributed by atoms with van der Waals surface area (Å²) in [5, 5.41) is 10.0. The summed E-state index contributed by atoms with van der Waals surface area (Å²) in [6.45, 7) is 1.95. The molecule has 0 atom stereocenters. The van der Waals surface area contributed by atoms with E-state index < -0.39 is 10.1 Å². The van der Waals surface area contributed by atoms with Gasteiger partial charge in [0.25, 0.3) is 0 Å². The molecule has 0 N–H and O–H groups in total. The van der Waals surface area contributed by atoms with Crippen molar-refractivity contribution in [2.45, 2.75) is 11.8 Å². The summed E-state index contributed by atoms with van der Waals surface area (Å²) in [7, 11) is -4.21. The molecule has 0 aliphatic carbocycles. The highest BCUT2D eigenvalue weighted by Crippen LogP contribution is 2.39. The van der Waals surface area contributed by atoms with Gasteiger partial charge in [-0.2, -0.15) is 13.7 Å². The van der Waals surface area contributed by atoms with Gasteiger partial charge in [0.05, 0.1) is 11.6 Å². The molecule has 0 aliphatic rings. The summed E-state index contributed by atoms with van der Waals surface area (Å²) in [6, 6.07) is 17.7. The third-order valence-electron chi connectivity index (χ3n) is 4.58. The molecular weight excluding hydrogens is 499 g/mol. The van der Waals surface area contributed by atoms with Crippen molar-refractivity contribution in [2.75, 3.05) is 6.61 Å². The standard InChI is InChI=1S/C24H16Cl2N2O5S/c1-2-31-22-13-15(11-16(14-27)24-28-20-5-3-4-6-21(20)32-24)12-19(26)23(22)33-34(29,30)18-9-7-17(25)8-10-18/h3-13H,2H2,1H3/b16-11+. The van der Waals surface area contributed by atoms with Gasteiger partial charge in [-0.15, -0.1) is 0 Å². The maximum absolute atomic E-state index is 12.7. The highest BCUT2D eigenvalue weighted by Gasteiger charge is 2.23. The molecule has 0 amide bonds. The summed E-state index contributed by atoms with van der Waals surface area (Å²) in [4.78, 5) is 4.24. The van der Waals surface area contributed by atoms with Gasteiger partial charge in [-0.25, -0.2) is 4.98 Å². The predicted molar refractivity (Wildman–Crippen MR) is 129 cm³/mol. The third-order valence-corrected chi connectivity index (χ3v) is 6.35. The molecule has 4 rings (SSSR count). The minimum Gasteiger partial charge on any atom is -0.490 e. The van der Waals surface area contributed by atoms with Gasteiger partial charge in [0, 0.05) is 5.02 Å². The van der Waals surface area contributed by atoms with Crippen molar-refractivity contribution < 1.29 is 21.8 Å². The van der Waals surface area contributed by atoms with E-state index >= 15 is 0 Å². The van der Waals surface area contributed by atoms with Crippen LogP contribution in [0, 0.1) is 11.3 Å². The molecule has 1 heterocycles. The molecule has 0 saturated heterocycles. The molecule has 10 heteroatoms. The van der Waals surface area contributed by atoms with Crippen LogP contribution in [0.1, 0.15) is 18.4 Å². The summed E-state index contributed by atoms with van der Waals surface area (Å²) >= 11 is 12.2. The Kier molecular flexibility index (Phi) is 6.80. The molecule has 0 radical (unpaired) electrons. The van der Waals surface area contributed by atoms with Crippen LogP contribution in [-0.4, -0.2) is 20.0 Å². The van der Waals surface area contributed by atoms with Crippen LogP contribution >= 0.6 is 23.2 Å². The topological polar surface area (TPSA) is 102 Å². The maximum Gasteiger partial charge on any atom is 0.339 e. The summed E-state index contributed by atoms with van der Waals surface area (Å²) in [5.74, 6) is 0.0630. The third kappa shape index (κ3) is 5.02. The van der Waals surface area contributed by atoms with Gasteiger partial charge in [-0.05, 0) is 67.1 Å². The molecule has 34 heavy (non-hydrogen) atoms. The van der Waals surface area contributed by atoms with Crippen molar-refractivity contribution in [1.29, 1.82) is 5.26 Å². The number of rotatable bonds is 7. The minimum atomic E-state index is -4.21. The highest BCUT2D eigenvalue weighted by atomic mass is 35.5. The van der Waals surface area contributed by atoms with Crippen LogP contribution in [0.25, 0.3) is 22.7 Å². The zero-order valence-electron chi connectivity index (χ0n) is 17.7. The molecule has 0 bridgehead atoms. The number of halogens is 2. The first kappa shape index (κ1) is 23.6. The number of hydrogen-bond acceptors (Lipinski definition) is 7. The van der Waals surface area contributed by atoms with Gasteiger partial charge in [-0.3, -0.25) is 0 Å². The van der Waals surface area contributed by atoms with Crippen molar-refractivity contribution in [2.24, 2.45) is 0 Å². The number of ether oxygens (including phenoxy) is 1. The van der Waals surface area contributed by atoms with E-state index in [0.29, 0.717) is 21.7 Å². The Labute approximate surface area is 205 Å². The van der Waals surface area contributed by atoms with Crippen LogP contribution in [0.15, 0.2) is 70.0 Å². The number of allylic oxidation sites excluding steroid dienone is 1. The fourth-order valence-electron chi connectivity index (χ4n) is 3.07. The van der Waals surface area contributed by atoms with Gasteiger partial charge in [0.2, 0.25) is 11.6 Å². The molecule has 172 valence electrons. The highest BCUT2D eigenvalue weighted by molar-refractivity contribution is 7.87. The first-order chi connectivity index (χ1) is 16.3. The molecule has 3 aromatic carbocycles. The zero-order valence-corrected chi connectivity index (χ0v) is 20.0. The average molecular weight is 515 g/mol. The zero-order chi connectivity index (χ0) is 24.3. The van der Waals surface area contributed by atoms with Crippen LogP contribution in [0.2, 0.25) is 10.0 Å². The molecule has 0 unspecified atom stereocenters. The maximum atomic E-state index is 12.7. The largest absolute Gasteiger partial charge is 0.490 e. The molecule has 0 saturated carbocycles. The molecule has 0 aliphatic heterocycles. The number of hydrogen-bond donors (Lipinski definition) is 0. The van der Waals surface area contributed by atoms with Crippen LogP contribution in [0.4, 0.5) is 0 Å². The van der Waals surface area contributed by atoms with E-state index in [1.165, 1.54) is 42.5 Å². The summed E-state index contributed by atoms with van der Waals surface area (Å²) < 4.78 is 42.1. The Morgan fingerprint density at radius 1 is 1.15 bits per heavy atom. The second-order valence-electron chi connectivity index (χ2n) is 6.91. The van der Waals surface area contributed by atoms with Crippen LogP contribution in [0.3, 0.4) is 0 Å². The molecule has 0 spiro atoms. The van der Waals surface area contributed by atoms with Crippen molar-refractivity contribution in [3.8, 4) is 17.6 Å². The van der Waals surface area contributed by atoms with E-state index in [1.807, 2.05) is 6.07 Å². The Morgan fingerprint density at radius 3 is 2.56 bits per heavy atom. The normalized spacial score (nSPS) is 11.9. The number of aromatic nitrogens is 1. The molecule has 0 fully saturated rings. The fourth-order valence-corrected chi connectivity index (χ4v) is 4.46. The van der Waals surface area contributed by atoms with E-state index in [1.54, 1.807) is 25.1 Å². The van der Waals surface area contributed by atoms with E-state index in [2.05, 4.69) is 11.1 Å². The van der Waals surface area contributed by atoms with E-state index in [-0.39, 0.29) is 39.5 Å². The molecular formula is C24H16Cl2N2O5S. The fraction of sp³-hybridized carbons (Fsp3) is 0.0833. The summed E-state index contributed by atoms with van der Waals surface area (Å²) in [6.07, 6.45) is 1.51. The second-order valence-corrected chi connectivity index (χ2v) is 9.30. The number of oxazole rings is 1. The molecule has 1 aromatic heterocycles. The van der Waals surface area contributed by atoms with Crippen LogP contribution in [0.5, 0.6) is 11.5 Å². The first-order valence-electron chi connectivity index (χ1n) is 9.95. The van der Waals surface area contributed by atoms with Crippen LogP contribution < -0.4 is 8.92 Å². The lowest BCUT2D eigenvalue weighted by Crippen LogP contribution is -2.11. The van der Waals surface area contributed by atoms with Gasteiger partial charge in [0.15, 0.2) is 11.3 Å². The van der Waals surface area contributed by atoms with Crippen molar-refractivity contribution >= 4 is 56.1 Å². The van der Waals surface area contributed by atoms with Crippen molar-refractivity contribution in [1.82, 2.24) is 4.98 Å². The number of nitriles is 1. The Bertz CT molecular complexity index is 1510. The lowest BCUT2D eigenvalue weighted by molar-refractivity contribution is 0.327. The quantitative estimate of drug-likeness (QED) is 0.208. The average Bonchev–Trinajstić information content (AvgIpc) is 3.24. The molecule has 7 nitrogen and oxygen atoms in total. The Morgan fingerprint density at radius 2 is 1.88 bits per heavy atom. The lowest BCUT2D eigenvalue weighted by atomic mass is 10.1. The second kappa shape index (κ2) is 9.77. The number of benzene rings is 3. The SMILES string of the molecule is CCOc1cc(/C=C(\C#N)c2nc3ccccc3o2)cc(Cl)c1OS(=O)(=O)c1ccc(Cl)cc1. The molecule has 4 aromatic rings. The lowest BCUT2D eigenvalue weighted by Gasteiger charge is -2.14. The Balaban J connectivity index is 1.73. The number of para-hydroxylation sites is 2. The Hall–Kier alpha value is -3.51. The van der Waals surface area contributed by atoms with Gasteiger partial charge >= 0.3 is 10.1 Å². The smallest absolute Gasteiger partial charge is 0.339 e. The van der Waals surface area contributed by atoms with Crippen molar-refractivity contribution in [3.05, 3.63) is 82.2 Å². The van der Waals surface area contributed by atoms with E-state index in [0.717, 1.165) is 0 Å². The van der Waals surface area contributed by atoms with Gasteiger partial charge in [-0.1, -0.05) is 35.3 Å². The van der Waals surface area contributed by atoms with Gasteiger partial charge in [0.1, 0.15) is 22.1 Å².